The first kappa shape index (κ1) is 18.2. The summed E-state index contributed by atoms with van der Waals surface area (Å²) < 4.78 is 19.2. The third-order valence-corrected chi connectivity index (χ3v) is 6.22. The molecule has 0 aliphatic carbocycles. The van der Waals surface area contributed by atoms with Crippen LogP contribution in [0.15, 0.2) is 0 Å². The predicted octanol–water partition coefficient (Wildman–Crippen LogP) is 4.78. The van der Waals surface area contributed by atoms with Crippen molar-refractivity contribution in [3.63, 3.8) is 0 Å². The molecule has 0 aromatic carbocycles. The van der Waals surface area contributed by atoms with E-state index in [4.69, 9.17) is 14.2 Å². The maximum atomic E-state index is 6.57. The van der Waals surface area contributed by atoms with Gasteiger partial charge in [-0.25, -0.2) is 0 Å². The molecule has 0 bridgehead atoms. The Kier molecular flexibility index (Phi) is 5.95. The average Bonchev–Trinajstić information content (AvgIpc) is 2.76. The fraction of sp³-hybridized carbons (Fsp3) is 1.00. The van der Waals surface area contributed by atoms with Crippen LogP contribution >= 0.6 is 0 Å². The first-order valence-corrected chi connectivity index (χ1v) is 9.34. The molecule has 2 heterocycles. The van der Waals surface area contributed by atoms with Crippen LogP contribution in [0, 0.1) is 17.8 Å². The molecular formula is C19H36O3. The molecule has 3 nitrogen and oxygen atoms in total. The van der Waals surface area contributed by atoms with E-state index in [0.29, 0.717) is 30.0 Å². The molecule has 0 saturated carbocycles. The zero-order valence-corrected chi connectivity index (χ0v) is 15.6. The van der Waals surface area contributed by atoms with Crippen LogP contribution in [-0.2, 0) is 14.2 Å². The van der Waals surface area contributed by atoms with Gasteiger partial charge in [0.1, 0.15) is 0 Å². The number of rotatable bonds is 5. The second-order valence-corrected chi connectivity index (χ2v) is 7.75. The maximum Gasteiger partial charge on any atom is 0.161 e. The smallest absolute Gasteiger partial charge is 0.161 e. The van der Waals surface area contributed by atoms with Gasteiger partial charge in [0.05, 0.1) is 23.9 Å². The monoisotopic (exact) mass is 312 g/mol. The van der Waals surface area contributed by atoms with Crippen LogP contribution in [-0.4, -0.2) is 30.2 Å². The van der Waals surface area contributed by atoms with Crippen molar-refractivity contribution in [2.24, 2.45) is 17.8 Å². The van der Waals surface area contributed by atoms with Crippen molar-refractivity contribution in [2.75, 3.05) is 0 Å². The Morgan fingerprint density at radius 2 is 1.73 bits per heavy atom. The summed E-state index contributed by atoms with van der Waals surface area (Å²) in [4.78, 5) is 0. The Morgan fingerprint density at radius 1 is 1.05 bits per heavy atom. The van der Waals surface area contributed by atoms with Gasteiger partial charge in [-0.05, 0) is 38.5 Å². The molecule has 2 aliphatic rings. The lowest BCUT2D eigenvalue weighted by molar-refractivity contribution is -0.267. The zero-order valence-electron chi connectivity index (χ0n) is 15.6. The number of hydrogen-bond acceptors (Lipinski definition) is 3. The lowest BCUT2D eigenvalue weighted by atomic mass is 9.85. The number of hydrogen-bond donors (Lipinski definition) is 0. The molecule has 4 unspecified atom stereocenters. The molecule has 2 aliphatic heterocycles. The Labute approximate surface area is 137 Å². The Bertz CT molecular complexity index is 359. The van der Waals surface area contributed by atoms with Crippen molar-refractivity contribution < 1.29 is 14.2 Å². The van der Waals surface area contributed by atoms with Crippen LogP contribution < -0.4 is 0 Å². The third kappa shape index (κ3) is 3.37. The molecule has 0 aromatic heterocycles. The van der Waals surface area contributed by atoms with E-state index in [2.05, 4.69) is 48.5 Å². The lowest BCUT2D eigenvalue weighted by Crippen LogP contribution is -2.48. The fourth-order valence-corrected chi connectivity index (χ4v) is 4.11. The average molecular weight is 312 g/mol. The summed E-state index contributed by atoms with van der Waals surface area (Å²) in [5, 5.41) is 0. The first-order valence-electron chi connectivity index (χ1n) is 9.34. The Hall–Kier alpha value is -0.120. The van der Waals surface area contributed by atoms with Gasteiger partial charge >= 0.3 is 0 Å². The SMILES string of the molecule is CC[C@@H]1C[C@H](C)C(C)C(O[C@@H]2C(C)[C@H](CC)OC2(C)CC)O1. The van der Waals surface area contributed by atoms with Crippen molar-refractivity contribution >= 4 is 0 Å². The highest BCUT2D eigenvalue weighted by molar-refractivity contribution is 4.98. The van der Waals surface area contributed by atoms with Gasteiger partial charge < -0.3 is 14.2 Å². The predicted molar refractivity (Wildman–Crippen MR) is 89.8 cm³/mol. The third-order valence-electron chi connectivity index (χ3n) is 6.22. The highest BCUT2D eigenvalue weighted by Gasteiger charge is 2.51. The van der Waals surface area contributed by atoms with E-state index in [1.807, 2.05) is 0 Å². The van der Waals surface area contributed by atoms with Gasteiger partial charge in [0.2, 0.25) is 0 Å². The standard InChI is InChI=1S/C19H36O3/c1-8-15-11-12(4)13(5)18(20-15)21-17-14(6)16(9-2)22-19(17,7)10-3/h12-18H,8-11H2,1-7H3/t12-,13?,14?,15+,16-,17+,18?,19?/m0/s1. The largest absolute Gasteiger partial charge is 0.369 e. The van der Waals surface area contributed by atoms with Gasteiger partial charge in [0.25, 0.3) is 0 Å². The Morgan fingerprint density at radius 3 is 2.27 bits per heavy atom. The highest BCUT2D eigenvalue weighted by atomic mass is 16.7. The number of ether oxygens (including phenoxy) is 3. The molecular weight excluding hydrogens is 276 g/mol. The molecule has 0 spiro atoms. The van der Waals surface area contributed by atoms with E-state index < -0.39 is 0 Å². The maximum absolute atomic E-state index is 6.57. The summed E-state index contributed by atoms with van der Waals surface area (Å²) in [6.45, 7) is 15.7. The molecule has 0 amide bonds. The molecule has 2 saturated heterocycles. The topological polar surface area (TPSA) is 27.7 Å². The molecule has 130 valence electrons. The van der Waals surface area contributed by atoms with Crippen LogP contribution in [0.2, 0.25) is 0 Å². The second-order valence-electron chi connectivity index (χ2n) is 7.75. The van der Waals surface area contributed by atoms with Crippen LogP contribution in [0.25, 0.3) is 0 Å². The van der Waals surface area contributed by atoms with Gasteiger partial charge in [0, 0.05) is 11.8 Å². The van der Waals surface area contributed by atoms with Gasteiger partial charge in [-0.15, -0.1) is 0 Å². The summed E-state index contributed by atoms with van der Waals surface area (Å²) in [6.07, 6.45) is 4.91. The molecule has 8 atom stereocenters. The van der Waals surface area contributed by atoms with Crippen molar-refractivity contribution in [3.8, 4) is 0 Å². The Balaban J connectivity index is 2.12. The van der Waals surface area contributed by atoms with E-state index in [-0.39, 0.29) is 18.0 Å². The minimum atomic E-state index is -0.189. The minimum Gasteiger partial charge on any atom is -0.369 e. The van der Waals surface area contributed by atoms with Gasteiger partial charge in [0.15, 0.2) is 6.29 Å². The van der Waals surface area contributed by atoms with Crippen LogP contribution in [0.5, 0.6) is 0 Å². The van der Waals surface area contributed by atoms with Crippen molar-refractivity contribution in [1.82, 2.24) is 0 Å². The molecule has 22 heavy (non-hydrogen) atoms. The minimum absolute atomic E-state index is 0.0915. The van der Waals surface area contributed by atoms with E-state index >= 15 is 0 Å². The van der Waals surface area contributed by atoms with E-state index in [1.54, 1.807) is 0 Å². The molecule has 0 aromatic rings. The molecule has 2 fully saturated rings. The summed E-state index contributed by atoms with van der Waals surface area (Å²) in [6, 6.07) is 0. The van der Waals surface area contributed by atoms with Crippen molar-refractivity contribution in [1.29, 1.82) is 0 Å². The van der Waals surface area contributed by atoms with E-state index in [9.17, 15) is 0 Å². The summed E-state index contributed by atoms with van der Waals surface area (Å²) in [7, 11) is 0. The van der Waals surface area contributed by atoms with Crippen molar-refractivity contribution in [2.45, 2.75) is 104 Å². The highest BCUT2D eigenvalue weighted by Crippen LogP contribution is 2.43. The summed E-state index contributed by atoms with van der Waals surface area (Å²) >= 11 is 0. The molecule has 0 N–H and O–H groups in total. The molecule has 3 heteroatoms. The summed E-state index contributed by atoms with van der Waals surface area (Å²) in [5.74, 6) is 1.51. The van der Waals surface area contributed by atoms with E-state index in [0.717, 1.165) is 25.7 Å². The van der Waals surface area contributed by atoms with Crippen molar-refractivity contribution in [3.05, 3.63) is 0 Å². The van der Waals surface area contributed by atoms with Gasteiger partial charge in [-0.1, -0.05) is 41.5 Å². The second kappa shape index (κ2) is 7.19. The van der Waals surface area contributed by atoms with Gasteiger partial charge in [-0.2, -0.15) is 0 Å². The molecule has 2 rings (SSSR count). The molecule has 0 radical (unpaired) electrons. The quantitative estimate of drug-likeness (QED) is 0.731. The fourth-order valence-electron chi connectivity index (χ4n) is 4.11. The zero-order chi connectivity index (χ0) is 16.5. The van der Waals surface area contributed by atoms with Crippen LogP contribution in [0.1, 0.15) is 74.1 Å². The van der Waals surface area contributed by atoms with Gasteiger partial charge in [-0.3, -0.25) is 0 Å². The normalized spacial score (nSPS) is 49.5. The first-order chi connectivity index (χ1) is 10.4. The lowest BCUT2D eigenvalue weighted by Gasteiger charge is -2.42. The summed E-state index contributed by atoms with van der Waals surface area (Å²) in [5.41, 5.74) is -0.189. The van der Waals surface area contributed by atoms with E-state index in [1.165, 1.54) is 0 Å². The van der Waals surface area contributed by atoms with Crippen LogP contribution in [0.4, 0.5) is 0 Å². The van der Waals surface area contributed by atoms with Crippen LogP contribution in [0.3, 0.4) is 0 Å².